The van der Waals surface area contributed by atoms with Gasteiger partial charge in [0.15, 0.2) is 0 Å². The van der Waals surface area contributed by atoms with Gasteiger partial charge in [-0.3, -0.25) is 0 Å². The molecule has 9 nitrogen and oxygen atoms in total. The number of halogens is 1. The van der Waals surface area contributed by atoms with E-state index in [4.69, 9.17) is 34.4 Å². The Kier molecular flexibility index (Phi) is 42.4. The van der Waals surface area contributed by atoms with Crippen LogP contribution in [-0.2, 0) is 29.5 Å². The van der Waals surface area contributed by atoms with Gasteiger partial charge < -0.3 is 17.6 Å². The Morgan fingerprint density at radius 1 is 0.727 bits per heavy atom. The summed E-state index contributed by atoms with van der Waals surface area (Å²) >= 11 is 5.34. The smallest absolute Gasteiger partial charge is 0.512 e. The average Bonchev–Trinajstić information content (AvgIpc) is 2.63. The van der Waals surface area contributed by atoms with E-state index < -0.39 is 29.5 Å². The Bertz CT molecular complexity index is 781. The van der Waals surface area contributed by atoms with Gasteiger partial charge in [-0.15, -0.1) is 11.6 Å². The van der Waals surface area contributed by atoms with Crippen molar-refractivity contribution in [1.82, 2.24) is 0 Å². The topological polar surface area (TPSA) is 176 Å². The van der Waals surface area contributed by atoms with Crippen LogP contribution >= 0.6 is 11.6 Å². The first kappa shape index (κ1) is 46.4. The van der Waals surface area contributed by atoms with Crippen LogP contribution in [0.3, 0.4) is 0 Å². The van der Waals surface area contributed by atoms with Gasteiger partial charge in [-0.25, -0.2) is 25.3 Å². The maximum absolute atomic E-state index is 10.6. The predicted molar refractivity (Wildman–Crippen MR) is 133 cm³/mol. The second-order valence-electron chi connectivity index (χ2n) is 6.75. The summed E-state index contributed by atoms with van der Waals surface area (Å²) in [6.45, 7) is 5.41. The number of nitriles is 1. The largest absolute Gasteiger partial charge is 1.00 e. The Balaban J connectivity index is -0.0000000775. The van der Waals surface area contributed by atoms with E-state index in [9.17, 15) is 25.3 Å². The van der Waals surface area contributed by atoms with Crippen LogP contribution in [-0.4, -0.2) is 73.7 Å². The SMILES string of the molecule is C.CS(=O)(=O)CCCCC#N.CS(=O)(=O)CCCCCN.CS(=O)(=O)CCCCCl.[C-]#N.[Na+]. The fourth-order valence-electron chi connectivity index (χ4n) is 1.71. The summed E-state index contributed by atoms with van der Waals surface area (Å²) in [6, 6.07) is 1.96. The zero-order chi connectivity index (χ0) is 25.4. The second-order valence-corrected chi connectivity index (χ2v) is 13.9. The quantitative estimate of drug-likeness (QED) is 0.136. The van der Waals surface area contributed by atoms with Gasteiger partial charge in [-0.1, -0.05) is 13.8 Å². The van der Waals surface area contributed by atoms with Crippen LogP contribution in [0.2, 0.25) is 0 Å². The van der Waals surface area contributed by atoms with Crippen molar-refractivity contribution < 1.29 is 54.8 Å². The molecule has 0 aromatic rings. The van der Waals surface area contributed by atoms with E-state index in [0.717, 1.165) is 25.7 Å². The number of nitrogens with two attached hydrogens (primary N) is 1. The Hall–Kier alpha value is 0.0800. The molecule has 0 unspecified atom stereocenters. The van der Waals surface area contributed by atoms with E-state index in [2.05, 4.69) is 0 Å². The van der Waals surface area contributed by atoms with Crippen molar-refractivity contribution in [2.75, 3.05) is 48.5 Å². The normalized spacial score (nSPS) is 10.1. The van der Waals surface area contributed by atoms with Gasteiger partial charge in [0, 0.05) is 48.3 Å². The molecule has 14 heteroatoms. The Morgan fingerprint density at radius 2 is 1.06 bits per heavy atom. The summed E-state index contributed by atoms with van der Waals surface area (Å²) in [7, 11) is -8.31. The number of unbranched alkanes of at least 4 members (excludes halogenated alkanes) is 5. The van der Waals surface area contributed by atoms with Crippen molar-refractivity contribution in [2.45, 2.75) is 58.8 Å². The molecule has 2 N–H and O–H groups in total. The minimum atomic E-state index is -2.81. The standard InChI is InChI=1S/C6H15NO2S.C6H11NO2S.C5H11ClO2S.CN.CH4.Na/c2*1-10(8,9)6-4-2-3-5-7;1-9(7,8)5-3-2-4-6;1-2;;/h2-7H2,1H3;2-4,6H2,1H3;2-5H2,1H3;;1H4;/q;;;-1;;+1. The van der Waals surface area contributed by atoms with Gasteiger partial charge in [0.25, 0.3) is 0 Å². The molecule has 0 amide bonds. The van der Waals surface area contributed by atoms with Crippen LogP contribution in [0.5, 0.6) is 0 Å². The van der Waals surface area contributed by atoms with Crippen LogP contribution in [0.25, 0.3) is 0 Å². The van der Waals surface area contributed by atoms with Crippen molar-refractivity contribution >= 4 is 41.1 Å². The summed E-state index contributed by atoms with van der Waals surface area (Å²) in [6.07, 6.45) is 9.51. The zero-order valence-corrected chi connectivity index (χ0v) is 24.9. The van der Waals surface area contributed by atoms with E-state index in [1.807, 2.05) is 6.07 Å². The Morgan fingerprint density at radius 3 is 1.33 bits per heavy atom. The number of nitrogens with zero attached hydrogens (tertiary/aromatic N) is 2. The minimum absolute atomic E-state index is 0. The fourth-order valence-corrected chi connectivity index (χ4v) is 4.09. The van der Waals surface area contributed by atoms with E-state index in [1.165, 1.54) is 18.8 Å². The molecule has 0 atom stereocenters. The molecule has 194 valence electrons. The Labute approximate surface area is 230 Å². The third-order valence-corrected chi connectivity index (χ3v) is 6.53. The van der Waals surface area contributed by atoms with E-state index >= 15 is 0 Å². The number of hydrogen-bond donors (Lipinski definition) is 1. The first-order chi connectivity index (χ1) is 14.2. The van der Waals surface area contributed by atoms with Crippen molar-refractivity contribution in [3.63, 3.8) is 0 Å². The number of sulfone groups is 3. The van der Waals surface area contributed by atoms with Crippen LogP contribution in [0.1, 0.15) is 58.8 Å². The molecule has 0 saturated heterocycles. The fraction of sp³-hybridized carbons (Fsp3) is 0.895. The molecule has 0 bridgehead atoms. The van der Waals surface area contributed by atoms with Gasteiger partial charge in [0.1, 0.15) is 29.5 Å². The van der Waals surface area contributed by atoms with Crippen molar-refractivity contribution in [3.8, 4) is 6.07 Å². The van der Waals surface area contributed by atoms with Gasteiger partial charge in [0.2, 0.25) is 0 Å². The maximum Gasteiger partial charge on any atom is 1.00 e. The molecule has 0 aromatic carbocycles. The molecule has 0 saturated carbocycles. The van der Waals surface area contributed by atoms with Crippen molar-refractivity contribution in [2.24, 2.45) is 5.73 Å². The molecule has 0 fully saturated rings. The van der Waals surface area contributed by atoms with Crippen LogP contribution in [0.4, 0.5) is 0 Å². The average molecular weight is 562 g/mol. The number of alkyl halides is 1. The number of hydrogen-bond acceptors (Lipinski definition) is 9. The molecule has 0 aliphatic rings. The van der Waals surface area contributed by atoms with Crippen LogP contribution in [0, 0.1) is 23.2 Å². The maximum atomic E-state index is 10.6. The van der Waals surface area contributed by atoms with Crippen LogP contribution in [0.15, 0.2) is 0 Å². The molecule has 0 spiro atoms. The first-order valence-corrected chi connectivity index (χ1v) is 16.3. The van der Waals surface area contributed by atoms with E-state index in [1.54, 1.807) is 0 Å². The number of rotatable bonds is 13. The molecular weight excluding hydrogens is 521 g/mol. The monoisotopic (exact) mass is 561 g/mol. The minimum Gasteiger partial charge on any atom is -0.512 e. The summed E-state index contributed by atoms with van der Waals surface area (Å²) in [4.78, 5) is 0. The van der Waals surface area contributed by atoms with Gasteiger partial charge in [0.05, 0.1) is 6.07 Å². The zero-order valence-electron chi connectivity index (χ0n) is 19.7. The van der Waals surface area contributed by atoms with Crippen molar-refractivity contribution in [3.05, 3.63) is 6.57 Å². The molecule has 0 rings (SSSR count). The van der Waals surface area contributed by atoms with Crippen LogP contribution < -0.4 is 35.3 Å². The van der Waals surface area contributed by atoms with Crippen molar-refractivity contribution in [1.29, 1.82) is 10.5 Å². The first-order valence-electron chi connectivity index (χ1n) is 9.57. The molecule has 33 heavy (non-hydrogen) atoms. The molecular formula is C19H41ClN3NaO6S3. The molecule has 0 aliphatic heterocycles. The summed E-state index contributed by atoms with van der Waals surface area (Å²) in [5, 5.41) is 14.3. The summed E-state index contributed by atoms with van der Waals surface area (Å²) < 4.78 is 63.1. The van der Waals surface area contributed by atoms with E-state index in [0.29, 0.717) is 43.9 Å². The summed E-state index contributed by atoms with van der Waals surface area (Å²) in [5.74, 6) is 1.32. The van der Waals surface area contributed by atoms with Gasteiger partial charge in [-0.05, 0) is 45.1 Å². The van der Waals surface area contributed by atoms with E-state index in [-0.39, 0.29) is 48.5 Å². The second kappa shape index (κ2) is 30.1. The molecule has 0 radical (unpaired) electrons. The van der Waals surface area contributed by atoms with Gasteiger partial charge >= 0.3 is 29.6 Å². The molecule has 0 aromatic heterocycles. The molecule has 0 heterocycles. The summed E-state index contributed by atoms with van der Waals surface area (Å²) in [5.41, 5.74) is 5.23. The third-order valence-electron chi connectivity index (χ3n) is 3.17. The molecule has 0 aliphatic carbocycles. The third kappa shape index (κ3) is 72.0. The van der Waals surface area contributed by atoms with Gasteiger partial charge in [-0.2, -0.15) is 5.26 Å². The predicted octanol–water partition coefficient (Wildman–Crippen LogP) is -0.329.